The first-order valence-corrected chi connectivity index (χ1v) is 9.72. The smallest absolute Gasteiger partial charge is 0.236 e. The van der Waals surface area contributed by atoms with Crippen LogP contribution in [0.5, 0.6) is 5.75 Å². The van der Waals surface area contributed by atoms with Gasteiger partial charge in [0.15, 0.2) is 0 Å². The lowest BCUT2D eigenvalue weighted by Crippen LogP contribution is -2.44. The average Bonchev–Trinajstić information content (AvgIpc) is 2.61. The van der Waals surface area contributed by atoms with Crippen molar-refractivity contribution >= 4 is 21.6 Å². The van der Waals surface area contributed by atoms with Gasteiger partial charge in [-0.15, -0.1) is 0 Å². The predicted octanol–water partition coefficient (Wildman–Crippen LogP) is 1.14. The first-order chi connectivity index (χ1) is 12.0. The quantitative estimate of drug-likeness (QED) is 0.863. The number of sulfonamides is 1. The first kappa shape index (κ1) is 17.4. The van der Waals surface area contributed by atoms with Crippen LogP contribution in [0.4, 0.5) is 5.69 Å². The van der Waals surface area contributed by atoms with Crippen LogP contribution in [0.2, 0.25) is 0 Å². The summed E-state index contributed by atoms with van der Waals surface area (Å²) in [5.74, 6) is -0.237. The Morgan fingerprint density at radius 3 is 2.80 bits per heavy atom. The van der Waals surface area contributed by atoms with E-state index in [1.165, 1.54) is 0 Å². The highest BCUT2D eigenvalue weighted by molar-refractivity contribution is 7.88. The molecule has 1 aromatic carbocycles. The Labute approximate surface area is 146 Å². The largest absolute Gasteiger partial charge is 0.489 e. The van der Waals surface area contributed by atoms with Gasteiger partial charge in [-0.05, 0) is 5.56 Å². The second-order valence-electron chi connectivity index (χ2n) is 5.77. The molecule has 0 fully saturated rings. The van der Waals surface area contributed by atoms with E-state index >= 15 is 0 Å². The maximum atomic E-state index is 13.2. The third-order valence-electron chi connectivity index (χ3n) is 3.94. The van der Waals surface area contributed by atoms with Crippen molar-refractivity contribution in [2.75, 3.05) is 30.9 Å². The van der Waals surface area contributed by atoms with Gasteiger partial charge in [-0.3, -0.25) is 9.78 Å². The third-order valence-corrected chi connectivity index (χ3v) is 4.63. The predicted molar refractivity (Wildman–Crippen MR) is 94.1 cm³/mol. The average molecular weight is 361 g/mol. The maximum Gasteiger partial charge on any atom is 0.236 e. The van der Waals surface area contributed by atoms with Crippen molar-refractivity contribution in [2.45, 2.75) is 5.92 Å². The van der Waals surface area contributed by atoms with Gasteiger partial charge in [0.1, 0.15) is 18.0 Å². The van der Waals surface area contributed by atoms with Crippen molar-refractivity contribution in [3.05, 3.63) is 54.4 Å². The monoisotopic (exact) mass is 361 g/mol. The van der Waals surface area contributed by atoms with Crippen molar-refractivity contribution in [1.29, 1.82) is 0 Å². The molecule has 3 rings (SSSR count). The SMILES string of the molecule is CS(=O)(=O)NC[C@@H](C(=O)N1CCOc2ccncc21)c1ccccc1. The van der Waals surface area contributed by atoms with Gasteiger partial charge in [0.2, 0.25) is 15.9 Å². The number of rotatable bonds is 5. The number of nitrogens with one attached hydrogen (secondary N) is 1. The van der Waals surface area contributed by atoms with E-state index in [9.17, 15) is 13.2 Å². The summed E-state index contributed by atoms with van der Waals surface area (Å²) in [4.78, 5) is 18.9. The number of aromatic nitrogens is 1. The number of anilines is 1. The fourth-order valence-corrected chi connectivity index (χ4v) is 3.22. The van der Waals surface area contributed by atoms with E-state index in [0.717, 1.165) is 11.8 Å². The summed E-state index contributed by atoms with van der Waals surface area (Å²) >= 11 is 0. The summed E-state index contributed by atoms with van der Waals surface area (Å²) in [7, 11) is -3.41. The fraction of sp³-hybridized carbons (Fsp3) is 0.294. The number of carbonyl (C=O) groups excluding carboxylic acids is 1. The van der Waals surface area contributed by atoms with Crippen molar-refractivity contribution in [3.63, 3.8) is 0 Å². The van der Waals surface area contributed by atoms with E-state index < -0.39 is 15.9 Å². The number of hydrogen-bond donors (Lipinski definition) is 1. The summed E-state index contributed by atoms with van der Waals surface area (Å²) in [5.41, 5.74) is 1.35. The highest BCUT2D eigenvalue weighted by Gasteiger charge is 2.31. The Bertz CT molecular complexity index is 855. The van der Waals surface area contributed by atoms with Crippen LogP contribution in [0.25, 0.3) is 0 Å². The second kappa shape index (κ2) is 7.20. The van der Waals surface area contributed by atoms with E-state index in [-0.39, 0.29) is 12.5 Å². The molecule has 2 heterocycles. The zero-order chi connectivity index (χ0) is 17.9. The van der Waals surface area contributed by atoms with Crippen molar-refractivity contribution in [1.82, 2.24) is 9.71 Å². The molecule has 0 bridgehead atoms. The minimum Gasteiger partial charge on any atom is -0.489 e. The molecule has 25 heavy (non-hydrogen) atoms. The minimum atomic E-state index is -3.41. The van der Waals surface area contributed by atoms with Crippen LogP contribution >= 0.6 is 0 Å². The topological polar surface area (TPSA) is 88.6 Å². The van der Waals surface area contributed by atoms with Gasteiger partial charge in [0, 0.05) is 18.8 Å². The summed E-state index contributed by atoms with van der Waals surface area (Å²) in [5, 5.41) is 0. The Kier molecular flexibility index (Phi) is 5.00. The Hall–Kier alpha value is -2.45. The van der Waals surface area contributed by atoms with Crippen molar-refractivity contribution in [2.24, 2.45) is 0 Å². The van der Waals surface area contributed by atoms with E-state index in [2.05, 4.69) is 9.71 Å². The molecule has 7 nitrogen and oxygen atoms in total. The molecule has 1 atom stereocenters. The van der Waals surface area contributed by atoms with Crippen molar-refractivity contribution in [3.8, 4) is 5.75 Å². The number of fused-ring (bicyclic) bond motifs is 1. The molecule has 132 valence electrons. The molecule has 0 unspecified atom stereocenters. The molecular formula is C17H19N3O4S. The number of pyridine rings is 1. The molecule has 0 saturated heterocycles. The Morgan fingerprint density at radius 1 is 1.32 bits per heavy atom. The molecule has 2 aromatic rings. The van der Waals surface area contributed by atoms with E-state index in [0.29, 0.717) is 24.6 Å². The zero-order valence-corrected chi connectivity index (χ0v) is 14.6. The molecular weight excluding hydrogens is 342 g/mol. The number of ether oxygens (including phenoxy) is 1. The second-order valence-corrected chi connectivity index (χ2v) is 7.60. The Balaban J connectivity index is 1.92. The molecule has 0 aliphatic carbocycles. The maximum absolute atomic E-state index is 13.2. The highest BCUT2D eigenvalue weighted by Crippen LogP contribution is 2.32. The van der Waals surface area contributed by atoms with E-state index in [4.69, 9.17) is 4.74 Å². The normalized spacial score (nSPS) is 15.2. The Morgan fingerprint density at radius 2 is 2.08 bits per heavy atom. The van der Waals surface area contributed by atoms with Gasteiger partial charge in [0.05, 0.1) is 24.9 Å². The summed E-state index contributed by atoms with van der Waals surface area (Å²) in [6.07, 6.45) is 4.26. The first-order valence-electron chi connectivity index (χ1n) is 7.83. The van der Waals surface area contributed by atoms with Crippen LogP contribution in [0.3, 0.4) is 0 Å². The lowest BCUT2D eigenvalue weighted by molar-refractivity contribution is -0.120. The summed E-state index contributed by atoms with van der Waals surface area (Å²) < 4.78 is 31.0. The van der Waals surface area contributed by atoms with Gasteiger partial charge < -0.3 is 9.64 Å². The molecule has 1 N–H and O–H groups in total. The van der Waals surface area contributed by atoms with Crippen LogP contribution in [0.15, 0.2) is 48.8 Å². The molecule has 1 aromatic heterocycles. The molecule has 1 amide bonds. The van der Waals surface area contributed by atoms with Crippen molar-refractivity contribution < 1.29 is 17.9 Å². The third kappa shape index (κ3) is 4.15. The molecule has 0 spiro atoms. The van der Waals surface area contributed by atoms with Gasteiger partial charge in [-0.25, -0.2) is 13.1 Å². The van der Waals surface area contributed by atoms with Gasteiger partial charge >= 0.3 is 0 Å². The highest BCUT2D eigenvalue weighted by atomic mass is 32.2. The van der Waals surface area contributed by atoms with E-state index in [1.54, 1.807) is 23.4 Å². The lowest BCUT2D eigenvalue weighted by atomic mass is 9.97. The van der Waals surface area contributed by atoms with Gasteiger partial charge in [-0.2, -0.15) is 0 Å². The molecule has 0 radical (unpaired) electrons. The van der Waals surface area contributed by atoms with Gasteiger partial charge in [-0.1, -0.05) is 30.3 Å². The number of hydrogen-bond acceptors (Lipinski definition) is 5. The van der Waals surface area contributed by atoms with Crippen LogP contribution in [0.1, 0.15) is 11.5 Å². The molecule has 0 saturated carbocycles. The number of carbonyl (C=O) groups is 1. The number of nitrogens with zero attached hydrogens (tertiary/aromatic N) is 2. The van der Waals surface area contributed by atoms with Crippen LogP contribution < -0.4 is 14.4 Å². The van der Waals surface area contributed by atoms with Crippen LogP contribution in [-0.2, 0) is 14.8 Å². The minimum absolute atomic E-state index is 0.00532. The van der Waals surface area contributed by atoms with Gasteiger partial charge in [0.25, 0.3) is 0 Å². The molecule has 8 heteroatoms. The van der Waals surface area contributed by atoms with Crippen LogP contribution in [-0.4, -0.2) is 45.3 Å². The standard InChI is InChI=1S/C17H19N3O4S/c1-25(22,23)19-11-14(13-5-3-2-4-6-13)17(21)20-9-10-24-16-7-8-18-12-15(16)20/h2-8,12,14,19H,9-11H2,1H3/t14-/m1/s1. The lowest BCUT2D eigenvalue weighted by Gasteiger charge is -2.32. The zero-order valence-electron chi connectivity index (χ0n) is 13.8. The van der Waals surface area contributed by atoms with Crippen LogP contribution in [0, 0.1) is 0 Å². The fourth-order valence-electron chi connectivity index (χ4n) is 2.75. The number of amides is 1. The number of benzene rings is 1. The van der Waals surface area contributed by atoms with E-state index in [1.807, 2.05) is 30.3 Å². The molecule has 1 aliphatic heterocycles. The molecule has 1 aliphatic rings. The summed E-state index contributed by atoms with van der Waals surface area (Å²) in [6, 6.07) is 10.8. The summed E-state index contributed by atoms with van der Waals surface area (Å²) in [6.45, 7) is 0.762.